The number of primary amides is 1. The van der Waals surface area contributed by atoms with Gasteiger partial charge in [-0.25, -0.2) is 0 Å². The Bertz CT molecular complexity index is 935. The molecular weight excluding hydrogens is 382 g/mol. The van der Waals surface area contributed by atoms with E-state index in [-0.39, 0.29) is 11.2 Å². The van der Waals surface area contributed by atoms with Crippen molar-refractivity contribution in [1.29, 1.82) is 0 Å². The van der Waals surface area contributed by atoms with Crippen molar-refractivity contribution in [3.05, 3.63) is 58.0 Å². The van der Waals surface area contributed by atoms with E-state index in [1.54, 1.807) is 35.6 Å². The maximum absolute atomic E-state index is 12.4. The van der Waals surface area contributed by atoms with E-state index in [2.05, 4.69) is 21.6 Å². The maximum atomic E-state index is 12.4. The van der Waals surface area contributed by atoms with Gasteiger partial charge >= 0.3 is 0 Å². The Morgan fingerprint density at radius 3 is 2.63 bits per heavy atom. The van der Waals surface area contributed by atoms with Gasteiger partial charge < -0.3 is 15.6 Å². The monoisotopic (exact) mass is 401 g/mol. The number of carbonyl (C=O) groups is 2. The van der Waals surface area contributed by atoms with Crippen LogP contribution in [0.5, 0.6) is 0 Å². The van der Waals surface area contributed by atoms with Crippen molar-refractivity contribution in [1.82, 2.24) is 14.8 Å². The van der Waals surface area contributed by atoms with Crippen LogP contribution in [-0.2, 0) is 18.3 Å². The molecule has 1 aromatic carbocycles. The van der Waals surface area contributed by atoms with Gasteiger partial charge in [0.15, 0.2) is 5.16 Å². The Morgan fingerprint density at radius 1 is 1.26 bits per heavy atom. The highest BCUT2D eigenvalue weighted by atomic mass is 32.2. The number of benzene rings is 1. The Morgan fingerprint density at radius 2 is 2.00 bits per heavy atom. The lowest BCUT2D eigenvalue weighted by molar-refractivity contribution is -0.115. The van der Waals surface area contributed by atoms with Crippen LogP contribution in [0.2, 0.25) is 0 Å². The molecule has 0 fully saturated rings. The molecule has 7 nitrogen and oxygen atoms in total. The lowest BCUT2D eigenvalue weighted by Gasteiger charge is -2.12. The summed E-state index contributed by atoms with van der Waals surface area (Å²) < 4.78 is 1.91. The number of nitrogens with two attached hydrogens (primary N) is 1. The number of carbonyl (C=O) groups excluding carboxylic acids is 2. The van der Waals surface area contributed by atoms with Crippen LogP contribution in [-0.4, -0.2) is 31.8 Å². The van der Waals surface area contributed by atoms with E-state index >= 15 is 0 Å². The van der Waals surface area contributed by atoms with Crippen LogP contribution in [0.25, 0.3) is 0 Å². The zero-order valence-corrected chi connectivity index (χ0v) is 16.5. The van der Waals surface area contributed by atoms with Gasteiger partial charge in [0.25, 0.3) is 0 Å². The summed E-state index contributed by atoms with van der Waals surface area (Å²) in [6.07, 6.45) is 0.717. The van der Waals surface area contributed by atoms with Crippen molar-refractivity contribution in [3.8, 4) is 0 Å². The summed E-state index contributed by atoms with van der Waals surface area (Å²) in [6.45, 7) is 1.81. The summed E-state index contributed by atoms with van der Waals surface area (Å²) in [5.74, 6) is 0.196. The largest absolute Gasteiger partial charge is 0.366 e. The molecule has 0 radical (unpaired) electrons. The summed E-state index contributed by atoms with van der Waals surface area (Å²) in [6, 6.07) is 10.5. The molecule has 2 heterocycles. The molecule has 9 heteroatoms. The molecule has 0 aliphatic rings. The maximum Gasteiger partial charge on any atom is 0.248 e. The molecule has 3 aromatic rings. The molecular formula is C18H19N5O2S2. The molecule has 2 aromatic heterocycles. The second kappa shape index (κ2) is 8.36. The molecule has 0 saturated carbocycles. The van der Waals surface area contributed by atoms with E-state index in [0.717, 1.165) is 5.82 Å². The molecule has 1 atom stereocenters. The minimum Gasteiger partial charge on any atom is -0.366 e. The number of rotatable bonds is 7. The smallest absolute Gasteiger partial charge is 0.248 e. The fourth-order valence-electron chi connectivity index (χ4n) is 2.34. The Balaban J connectivity index is 1.61. The third-order valence-corrected chi connectivity index (χ3v) is 5.94. The fraction of sp³-hybridized carbons (Fsp3) is 0.222. The highest BCUT2D eigenvalue weighted by Gasteiger charge is 2.19. The van der Waals surface area contributed by atoms with Crippen LogP contribution < -0.4 is 11.1 Å². The van der Waals surface area contributed by atoms with Gasteiger partial charge in [0.05, 0.1) is 5.25 Å². The van der Waals surface area contributed by atoms with Crippen LogP contribution in [0.4, 0.5) is 5.69 Å². The van der Waals surface area contributed by atoms with E-state index in [1.165, 1.54) is 16.6 Å². The van der Waals surface area contributed by atoms with Crippen molar-refractivity contribution >= 4 is 40.6 Å². The third kappa shape index (κ3) is 4.75. The quantitative estimate of drug-likeness (QED) is 0.593. The molecule has 3 rings (SSSR count). The summed E-state index contributed by atoms with van der Waals surface area (Å²) in [4.78, 5) is 24.7. The minimum atomic E-state index is -0.502. The number of nitrogens with one attached hydrogen (secondary N) is 1. The average molecular weight is 402 g/mol. The highest BCUT2D eigenvalue weighted by molar-refractivity contribution is 8.00. The molecule has 27 heavy (non-hydrogen) atoms. The molecule has 0 aliphatic heterocycles. The summed E-state index contributed by atoms with van der Waals surface area (Å²) >= 11 is 3.02. The van der Waals surface area contributed by atoms with E-state index in [9.17, 15) is 9.59 Å². The van der Waals surface area contributed by atoms with E-state index in [1.807, 2.05) is 30.0 Å². The summed E-state index contributed by atoms with van der Waals surface area (Å²) in [5.41, 5.74) is 6.22. The summed E-state index contributed by atoms with van der Waals surface area (Å²) in [5, 5.41) is 13.6. The normalized spacial score (nSPS) is 11.9. The first-order valence-corrected chi connectivity index (χ1v) is 9.98. The number of nitrogens with zero attached hydrogens (tertiary/aromatic N) is 3. The molecule has 0 unspecified atom stereocenters. The Kier molecular flexibility index (Phi) is 5.92. The standard InChI is InChI=1S/C18H19N5O2S2/c1-11(17(25)20-13-7-5-12(6-8-13)16(19)24)27-18-22-21-15(23(18)2)10-14-4-3-9-26-14/h3-9,11H,10H2,1-2H3,(H2,19,24)(H,20,25)/t11-/m0/s1. The van der Waals surface area contributed by atoms with Gasteiger partial charge in [0.1, 0.15) is 5.82 Å². The van der Waals surface area contributed by atoms with Crippen molar-refractivity contribution in [2.75, 3.05) is 5.32 Å². The Labute approximate surface area is 165 Å². The first-order valence-electron chi connectivity index (χ1n) is 8.22. The first kappa shape index (κ1) is 19.1. The number of aromatic nitrogens is 3. The molecule has 3 N–H and O–H groups in total. The van der Waals surface area contributed by atoms with Crippen LogP contribution >= 0.6 is 23.1 Å². The molecule has 2 amide bonds. The molecule has 0 spiro atoms. The lowest BCUT2D eigenvalue weighted by atomic mass is 10.2. The van der Waals surface area contributed by atoms with Crippen molar-refractivity contribution in [2.45, 2.75) is 23.8 Å². The number of thioether (sulfide) groups is 1. The molecule has 0 saturated heterocycles. The predicted molar refractivity (Wildman–Crippen MR) is 107 cm³/mol. The average Bonchev–Trinajstić information content (AvgIpc) is 3.27. The summed E-state index contributed by atoms with van der Waals surface area (Å²) in [7, 11) is 1.90. The van der Waals surface area contributed by atoms with Crippen molar-refractivity contribution in [3.63, 3.8) is 0 Å². The Hall–Kier alpha value is -2.65. The van der Waals surface area contributed by atoms with Gasteiger partial charge in [-0.15, -0.1) is 21.5 Å². The van der Waals surface area contributed by atoms with Crippen LogP contribution in [0.3, 0.4) is 0 Å². The number of hydrogen-bond donors (Lipinski definition) is 2. The van der Waals surface area contributed by atoms with Crippen LogP contribution in [0.15, 0.2) is 46.9 Å². The SMILES string of the molecule is C[C@H](Sc1nnc(Cc2cccs2)n1C)C(=O)Nc1ccc(C(N)=O)cc1. The first-order chi connectivity index (χ1) is 12.9. The van der Waals surface area contributed by atoms with Crippen molar-refractivity contribution < 1.29 is 9.59 Å². The highest BCUT2D eigenvalue weighted by Crippen LogP contribution is 2.24. The zero-order chi connectivity index (χ0) is 19.4. The van der Waals surface area contributed by atoms with E-state index < -0.39 is 5.91 Å². The number of thiophene rings is 1. The topological polar surface area (TPSA) is 103 Å². The number of anilines is 1. The molecule has 0 aliphatic carbocycles. The van der Waals surface area contributed by atoms with Gasteiger partial charge in [-0.3, -0.25) is 9.59 Å². The van der Waals surface area contributed by atoms with E-state index in [0.29, 0.717) is 22.8 Å². The van der Waals surface area contributed by atoms with Crippen LogP contribution in [0.1, 0.15) is 28.0 Å². The number of amides is 2. The minimum absolute atomic E-state index is 0.158. The lowest BCUT2D eigenvalue weighted by Crippen LogP contribution is -2.23. The number of hydrogen-bond acceptors (Lipinski definition) is 6. The van der Waals surface area contributed by atoms with Gasteiger partial charge in [-0.1, -0.05) is 17.8 Å². The van der Waals surface area contributed by atoms with Crippen molar-refractivity contribution in [2.24, 2.45) is 12.8 Å². The second-order valence-corrected chi connectivity index (χ2v) is 8.25. The van der Waals surface area contributed by atoms with E-state index in [4.69, 9.17) is 5.73 Å². The van der Waals surface area contributed by atoms with Crippen LogP contribution in [0, 0.1) is 0 Å². The molecule has 0 bridgehead atoms. The second-order valence-electron chi connectivity index (χ2n) is 5.90. The van der Waals surface area contributed by atoms with Gasteiger partial charge in [-0.2, -0.15) is 0 Å². The fourth-order valence-corrected chi connectivity index (χ4v) is 3.88. The zero-order valence-electron chi connectivity index (χ0n) is 14.9. The van der Waals surface area contributed by atoms with Gasteiger partial charge in [0.2, 0.25) is 11.8 Å². The van der Waals surface area contributed by atoms with Gasteiger partial charge in [-0.05, 0) is 42.6 Å². The predicted octanol–water partition coefficient (Wildman–Crippen LogP) is 2.69. The third-order valence-electron chi connectivity index (χ3n) is 3.93. The van der Waals surface area contributed by atoms with Gasteiger partial charge in [0, 0.05) is 29.6 Å². The molecule has 140 valence electrons.